The van der Waals surface area contributed by atoms with Gasteiger partial charge >= 0.3 is 6.09 Å². The van der Waals surface area contributed by atoms with Crippen molar-refractivity contribution < 1.29 is 14.7 Å². The third kappa shape index (κ3) is 5.57. The van der Waals surface area contributed by atoms with E-state index in [1.54, 1.807) is 13.2 Å². The second-order valence-corrected chi connectivity index (χ2v) is 7.02. The molecular formula is C22H26N4O3. The molecule has 0 fully saturated rings. The molecule has 0 saturated heterocycles. The molecule has 0 aliphatic heterocycles. The number of unbranched alkanes of at least 4 members (excludes halogenated alkanes) is 2. The largest absolute Gasteiger partial charge is 0.465 e. The van der Waals surface area contributed by atoms with E-state index in [-0.39, 0.29) is 5.91 Å². The van der Waals surface area contributed by atoms with Crippen molar-refractivity contribution in [2.75, 3.05) is 7.05 Å². The second-order valence-electron chi connectivity index (χ2n) is 7.02. The standard InChI is InChI=1S/C22H26N4O3/c1-23-20(27)10-4-2-3-9-18(26-22(28)29)21-24-14-19(25-21)17-12-11-15-7-5-6-8-16(15)13-17/h5-8,11-14,18,26H,2-4,9-10H2,1H3,(H,23,27)(H,24,25)(H,28,29). The number of nitrogens with zero attached hydrogens (tertiary/aromatic N) is 1. The molecule has 3 aromatic rings. The fourth-order valence-electron chi connectivity index (χ4n) is 3.38. The zero-order valence-corrected chi connectivity index (χ0v) is 16.4. The maximum absolute atomic E-state index is 11.3. The summed E-state index contributed by atoms with van der Waals surface area (Å²) < 4.78 is 0. The van der Waals surface area contributed by atoms with Crippen LogP contribution in [0.4, 0.5) is 4.79 Å². The number of amides is 2. The zero-order valence-electron chi connectivity index (χ0n) is 16.4. The molecule has 1 aromatic heterocycles. The molecule has 7 heteroatoms. The molecule has 0 bridgehead atoms. The third-order valence-corrected chi connectivity index (χ3v) is 4.96. The number of aromatic amines is 1. The van der Waals surface area contributed by atoms with Crippen LogP contribution in [0.3, 0.4) is 0 Å². The summed E-state index contributed by atoms with van der Waals surface area (Å²) in [7, 11) is 1.62. The van der Waals surface area contributed by atoms with Gasteiger partial charge in [-0.1, -0.05) is 49.2 Å². The fourth-order valence-corrected chi connectivity index (χ4v) is 3.38. The Kier molecular flexibility index (Phi) is 6.84. The van der Waals surface area contributed by atoms with Crippen LogP contribution in [0, 0.1) is 0 Å². The number of aromatic nitrogens is 2. The lowest BCUT2D eigenvalue weighted by molar-refractivity contribution is -0.120. The molecule has 2 amide bonds. The Hall–Kier alpha value is -3.35. The van der Waals surface area contributed by atoms with Crippen LogP contribution in [0.1, 0.15) is 44.0 Å². The first kappa shape index (κ1) is 20.4. The van der Waals surface area contributed by atoms with E-state index >= 15 is 0 Å². The molecule has 2 aromatic carbocycles. The third-order valence-electron chi connectivity index (χ3n) is 4.96. The summed E-state index contributed by atoms with van der Waals surface area (Å²) in [5.41, 5.74) is 1.85. The topological polar surface area (TPSA) is 107 Å². The molecular weight excluding hydrogens is 368 g/mol. The Morgan fingerprint density at radius 3 is 2.66 bits per heavy atom. The summed E-state index contributed by atoms with van der Waals surface area (Å²) in [6.45, 7) is 0. The van der Waals surface area contributed by atoms with E-state index < -0.39 is 12.1 Å². The van der Waals surface area contributed by atoms with Crippen LogP contribution in [-0.4, -0.2) is 34.1 Å². The molecule has 1 heterocycles. The molecule has 29 heavy (non-hydrogen) atoms. The molecule has 0 radical (unpaired) electrons. The minimum Gasteiger partial charge on any atom is -0.465 e. The first-order valence-electron chi connectivity index (χ1n) is 9.81. The van der Waals surface area contributed by atoms with Gasteiger partial charge in [0, 0.05) is 19.0 Å². The Labute approximate surface area is 169 Å². The van der Waals surface area contributed by atoms with Gasteiger partial charge in [-0.2, -0.15) is 0 Å². The highest BCUT2D eigenvalue weighted by Crippen LogP contribution is 2.25. The summed E-state index contributed by atoms with van der Waals surface area (Å²) in [4.78, 5) is 30.2. The molecule has 152 valence electrons. The van der Waals surface area contributed by atoms with E-state index in [1.165, 1.54) is 0 Å². The summed E-state index contributed by atoms with van der Waals surface area (Å²) in [5.74, 6) is 0.623. The monoisotopic (exact) mass is 394 g/mol. The van der Waals surface area contributed by atoms with Gasteiger partial charge in [-0.3, -0.25) is 4.79 Å². The van der Waals surface area contributed by atoms with Crippen LogP contribution in [0.15, 0.2) is 48.7 Å². The van der Waals surface area contributed by atoms with Crippen LogP contribution in [-0.2, 0) is 4.79 Å². The Balaban J connectivity index is 1.67. The van der Waals surface area contributed by atoms with Crippen molar-refractivity contribution in [1.29, 1.82) is 0 Å². The maximum atomic E-state index is 11.3. The molecule has 0 spiro atoms. The van der Waals surface area contributed by atoms with E-state index in [9.17, 15) is 14.7 Å². The van der Waals surface area contributed by atoms with E-state index in [4.69, 9.17) is 0 Å². The number of fused-ring (bicyclic) bond motifs is 1. The quantitative estimate of drug-likeness (QED) is 0.407. The summed E-state index contributed by atoms with van der Waals surface area (Å²) in [5, 5.41) is 16.6. The van der Waals surface area contributed by atoms with Crippen molar-refractivity contribution in [1.82, 2.24) is 20.6 Å². The minimum atomic E-state index is -1.08. The van der Waals surface area contributed by atoms with Crippen molar-refractivity contribution in [3.8, 4) is 11.3 Å². The predicted molar refractivity (Wildman–Crippen MR) is 113 cm³/mol. The normalized spacial score (nSPS) is 11.9. The van der Waals surface area contributed by atoms with Crippen molar-refractivity contribution in [3.05, 3.63) is 54.5 Å². The molecule has 1 atom stereocenters. The molecule has 0 aliphatic carbocycles. The molecule has 3 rings (SSSR count). The minimum absolute atomic E-state index is 0.0243. The second kappa shape index (κ2) is 9.73. The van der Waals surface area contributed by atoms with Gasteiger partial charge in [0.2, 0.25) is 5.91 Å². The number of imidazole rings is 1. The van der Waals surface area contributed by atoms with Gasteiger partial charge in [-0.25, -0.2) is 9.78 Å². The number of carbonyl (C=O) groups is 2. The predicted octanol–water partition coefficient (Wildman–Crippen LogP) is 4.24. The number of carboxylic acid groups (broad SMARTS) is 1. The van der Waals surface area contributed by atoms with Crippen LogP contribution >= 0.6 is 0 Å². The fraction of sp³-hybridized carbons (Fsp3) is 0.318. The van der Waals surface area contributed by atoms with Crippen molar-refractivity contribution >= 4 is 22.8 Å². The average Bonchev–Trinajstić information content (AvgIpc) is 3.22. The number of rotatable bonds is 9. The smallest absolute Gasteiger partial charge is 0.405 e. The highest BCUT2D eigenvalue weighted by Gasteiger charge is 2.18. The maximum Gasteiger partial charge on any atom is 0.405 e. The van der Waals surface area contributed by atoms with Gasteiger partial charge in [-0.05, 0) is 29.7 Å². The van der Waals surface area contributed by atoms with Gasteiger partial charge in [0.25, 0.3) is 0 Å². The lowest BCUT2D eigenvalue weighted by Gasteiger charge is -2.14. The molecule has 1 unspecified atom stereocenters. The summed E-state index contributed by atoms with van der Waals surface area (Å²) in [6, 6.07) is 13.9. The summed E-state index contributed by atoms with van der Waals surface area (Å²) >= 11 is 0. The van der Waals surface area contributed by atoms with Crippen molar-refractivity contribution in [3.63, 3.8) is 0 Å². The Bertz CT molecular complexity index is 983. The van der Waals surface area contributed by atoms with E-state index in [0.29, 0.717) is 18.7 Å². The highest BCUT2D eigenvalue weighted by molar-refractivity contribution is 5.86. The number of H-pyrrole nitrogens is 1. The van der Waals surface area contributed by atoms with Crippen LogP contribution in [0.2, 0.25) is 0 Å². The number of benzene rings is 2. The molecule has 0 aliphatic rings. The first-order valence-corrected chi connectivity index (χ1v) is 9.81. The van der Waals surface area contributed by atoms with Gasteiger partial charge in [-0.15, -0.1) is 0 Å². The number of nitrogens with one attached hydrogen (secondary N) is 3. The molecule has 7 nitrogen and oxygen atoms in total. The first-order chi connectivity index (χ1) is 14.1. The Morgan fingerprint density at radius 2 is 1.90 bits per heavy atom. The summed E-state index contributed by atoms with van der Waals surface area (Å²) in [6.07, 6.45) is 4.19. The van der Waals surface area contributed by atoms with E-state index in [0.717, 1.165) is 41.3 Å². The lowest BCUT2D eigenvalue weighted by Crippen LogP contribution is -2.27. The van der Waals surface area contributed by atoms with Crippen molar-refractivity contribution in [2.24, 2.45) is 0 Å². The Morgan fingerprint density at radius 1 is 1.10 bits per heavy atom. The van der Waals surface area contributed by atoms with Gasteiger partial charge in [0.1, 0.15) is 5.82 Å². The number of hydrogen-bond acceptors (Lipinski definition) is 3. The average molecular weight is 394 g/mol. The zero-order chi connectivity index (χ0) is 20.6. The van der Waals surface area contributed by atoms with Crippen LogP contribution in [0.5, 0.6) is 0 Å². The SMILES string of the molecule is CNC(=O)CCCCCC(NC(=O)O)c1ncc(-c2ccc3ccccc3c2)[nH]1. The number of carbonyl (C=O) groups excluding carboxylic acids is 1. The van der Waals surface area contributed by atoms with Gasteiger partial charge < -0.3 is 20.7 Å². The van der Waals surface area contributed by atoms with Crippen LogP contribution < -0.4 is 10.6 Å². The van der Waals surface area contributed by atoms with Gasteiger partial charge in [0.15, 0.2) is 0 Å². The van der Waals surface area contributed by atoms with E-state index in [2.05, 4.69) is 44.9 Å². The lowest BCUT2D eigenvalue weighted by atomic mass is 10.1. The molecule has 4 N–H and O–H groups in total. The van der Waals surface area contributed by atoms with E-state index in [1.807, 2.05) is 18.2 Å². The van der Waals surface area contributed by atoms with Crippen LogP contribution in [0.25, 0.3) is 22.0 Å². The van der Waals surface area contributed by atoms with Gasteiger partial charge in [0.05, 0.1) is 17.9 Å². The highest BCUT2D eigenvalue weighted by atomic mass is 16.4. The molecule has 0 saturated carbocycles. The van der Waals surface area contributed by atoms with Crippen molar-refractivity contribution in [2.45, 2.75) is 38.1 Å². The number of hydrogen-bond donors (Lipinski definition) is 4.